The number of hydrogen-bond donors (Lipinski definition) is 0. The van der Waals surface area contributed by atoms with Crippen molar-refractivity contribution in [3.8, 4) is 0 Å². The van der Waals surface area contributed by atoms with Gasteiger partial charge in [-0.3, -0.25) is 0 Å². The van der Waals surface area contributed by atoms with Crippen LogP contribution in [0.3, 0.4) is 0 Å². The van der Waals surface area contributed by atoms with Crippen LogP contribution in [-0.4, -0.2) is 19.8 Å². The number of ether oxygens (including phenoxy) is 1. The fourth-order valence-corrected chi connectivity index (χ4v) is 1.58. The zero-order valence-corrected chi connectivity index (χ0v) is 10.2. The van der Waals surface area contributed by atoms with E-state index in [4.69, 9.17) is 8.92 Å². The Morgan fingerprint density at radius 3 is 2.47 bits per heavy atom. The van der Waals surface area contributed by atoms with Crippen molar-refractivity contribution in [1.29, 1.82) is 0 Å². The first-order valence-corrected chi connectivity index (χ1v) is 6.01. The van der Waals surface area contributed by atoms with Gasteiger partial charge in [-0.05, 0) is 25.5 Å². The third-order valence-corrected chi connectivity index (χ3v) is 2.58. The summed E-state index contributed by atoms with van der Waals surface area (Å²) in [5.74, 6) is 0. The number of rotatable bonds is 7. The first kappa shape index (κ1) is 12.6. The quantitative estimate of drug-likeness (QED) is 0.524. The Bertz CT molecular complexity index is 259. The molecule has 1 aromatic carbocycles. The molecule has 1 rings (SSSR count). The highest BCUT2D eigenvalue weighted by Crippen LogP contribution is 2.18. The van der Waals surface area contributed by atoms with Crippen LogP contribution in [-0.2, 0) is 8.92 Å². The Morgan fingerprint density at radius 1 is 1.07 bits per heavy atom. The molecule has 0 aliphatic rings. The van der Waals surface area contributed by atoms with Gasteiger partial charge in [0.05, 0.1) is 13.2 Å². The minimum absolute atomic E-state index is 0.637. The minimum Gasteiger partial charge on any atom is -0.379 e. The molecule has 2 nitrogen and oxygen atoms in total. The second-order valence-corrected chi connectivity index (χ2v) is 4.20. The molecule has 0 saturated heterocycles. The lowest BCUT2D eigenvalue weighted by Crippen LogP contribution is -2.01. The summed E-state index contributed by atoms with van der Waals surface area (Å²) in [7, 11) is 0. The highest BCUT2D eigenvalue weighted by molar-refractivity contribution is 7.94. The van der Waals surface area contributed by atoms with E-state index in [-0.39, 0.29) is 0 Å². The van der Waals surface area contributed by atoms with Crippen LogP contribution >= 0.6 is 12.0 Å². The van der Waals surface area contributed by atoms with E-state index in [1.54, 1.807) is 0 Å². The predicted octanol–water partition coefficient (Wildman–Crippen LogP) is 3.45. The van der Waals surface area contributed by atoms with Crippen LogP contribution in [0.25, 0.3) is 0 Å². The van der Waals surface area contributed by atoms with Crippen LogP contribution in [0, 0.1) is 6.92 Å². The molecule has 0 fully saturated rings. The molecule has 0 bridgehead atoms. The lowest BCUT2D eigenvalue weighted by molar-refractivity contribution is 0.107. The zero-order valence-electron chi connectivity index (χ0n) is 9.36. The third kappa shape index (κ3) is 5.82. The maximum Gasteiger partial charge on any atom is 0.0852 e. The van der Waals surface area contributed by atoms with Gasteiger partial charge in [0.2, 0.25) is 0 Å². The van der Waals surface area contributed by atoms with Gasteiger partial charge in [0.25, 0.3) is 0 Å². The molecule has 1 aromatic rings. The van der Waals surface area contributed by atoms with Gasteiger partial charge in [0, 0.05) is 23.5 Å². The van der Waals surface area contributed by atoms with Crippen LogP contribution in [0.1, 0.15) is 18.9 Å². The Morgan fingerprint density at radius 2 is 1.80 bits per heavy atom. The zero-order chi connectivity index (χ0) is 10.9. The molecule has 0 unspecified atom stereocenters. The second kappa shape index (κ2) is 7.74. The summed E-state index contributed by atoms with van der Waals surface area (Å²) in [6, 6.07) is 8.29. The summed E-state index contributed by atoms with van der Waals surface area (Å²) in [6.45, 7) is 6.31. The lowest BCUT2D eigenvalue weighted by Gasteiger charge is -2.03. The molecule has 0 aliphatic carbocycles. The SMILES string of the molecule is CCCOCCOSc1ccc(C)cc1. The molecular weight excluding hydrogens is 208 g/mol. The Balaban J connectivity index is 2.07. The summed E-state index contributed by atoms with van der Waals surface area (Å²) in [4.78, 5) is 1.14. The fourth-order valence-electron chi connectivity index (χ4n) is 1.04. The van der Waals surface area contributed by atoms with Crippen molar-refractivity contribution in [3.05, 3.63) is 29.8 Å². The Kier molecular flexibility index (Phi) is 6.48. The topological polar surface area (TPSA) is 18.5 Å². The van der Waals surface area contributed by atoms with Gasteiger partial charge < -0.3 is 8.92 Å². The van der Waals surface area contributed by atoms with Crippen LogP contribution < -0.4 is 0 Å². The maximum atomic E-state index is 5.40. The van der Waals surface area contributed by atoms with E-state index in [1.807, 2.05) is 0 Å². The molecular formula is C12H18O2S. The molecule has 0 spiro atoms. The van der Waals surface area contributed by atoms with E-state index in [1.165, 1.54) is 17.6 Å². The molecule has 0 N–H and O–H groups in total. The van der Waals surface area contributed by atoms with Gasteiger partial charge in [0.15, 0.2) is 0 Å². The van der Waals surface area contributed by atoms with Crippen molar-refractivity contribution < 1.29 is 8.92 Å². The summed E-state index contributed by atoms with van der Waals surface area (Å²) in [6.07, 6.45) is 1.06. The van der Waals surface area contributed by atoms with Crippen LogP contribution in [0.5, 0.6) is 0 Å². The van der Waals surface area contributed by atoms with Crippen LogP contribution in [0.4, 0.5) is 0 Å². The van der Waals surface area contributed by atoms with Crippen molar-refractivity contribution in [2.45, 2.75) is 25.2 Å². The monoisotopic (exact) mass is 226 g/mol. The highest BCUT2D eigenvalue weighted by Gasteiger charge is 1.94. The van der Waals surface area contributed by atoms with Crippen molar-refractivity contribution in [3.63, 3.8) is 0 Å². The van der Waals surface area contributed by atoms with Gasteiger partial charge in [-0.15, -0.1) is 0 Å². The van der Waals surface area contributed by atoms with Crippen LogP contribution in [0.15, 0.2) is 29.2 Å². The smallest absolute Gasteiger partial charge is 0.0852 e. The standard InChI is InChI=1S/C12H18O2S/c1-3-8-13-9-10-14-15-12-6-4-11(2)5-7-12/h4-7H,3,8-10H2,1-2H3. The van der Waals surface area contributed by atoms with Crippen molar-refractivity contribution >= 4 is 12.0 Å². The van der Waals surface area contributed by atoms with E-state index < -0.39 is 0 Å². The van der Waals surface area contributed by atoms with Gasteiger partial charge >= 0.3 is 0 Å². The van der Waals surface area contributed by atoms with Gasteiger partial charge in [0.1, 0.15) is 0 Å². The molecule has 0 radical (unpaired) electrons. The average molecular weight is 226 g/mol. The average Bonchev–Trinajstić information content (AvgIpc) is 2.26. The van der Waals surface area contributed by atoms with Crippen LogP contribution in [0.2, 0.25) is 0 Å². The molecule has 0 amide bonds. The number of hydrogen-bond acceptors (Lipinski definition) is 3. The largest absolute Gasteiger partial charge is 0.379 e. The number of aryl methyl sites for hydroxylation is 1. The van der Waals surface area contributed by atoms with E-state index >= 15 is 0 Å². The summed E-state index contributed by atoms with van der Waals surface area (Å²) < 4.78 is 10.7. The lowest BCUT2D eigenvalue weighted by atomic mass is 10.2. The first-order chi connectivity index (χ1) is 7.33. The van der Waals surface area contributed by atoms with Gasteiger partial charge in [-0.2, -0.15) is 0 Å². The molecule has 0 atom stereocenters. The Hall–Kier alpha value is -0.510. The summed E-state index contributed by atoms with van der Waals surface area (Å²) >= 11 is 1.41. The first-order valence-electron chi connectivity index (χ1n) is 5.27. The molecule has 0 aromatic heterocycles. The fraction of sp³-hybridized carbons (Fsp3) is 0.500. The molecule has 0 saturated carbocycles. The van der Waals surface area contributed by atoms with Gasteiger partial charge in [-0.1, -0.05) is 24.6 Å². The molecule has 15 heavy (non-hydrogen) atoms. The van der Waals surface area contributed by atoms with E-state index in [9.17, 15) is 0 Å². The van der Waals surface area contributed by atoms with E-state index in [0.717, 1.165) is 17.9 Å². The number of benzene rings is 1. The summed E-state index contributed by atoms with van der Waals surface area (Å²) in [5, 5.41) is 0. The van der Waals surface area contributed by atoms with Crippen molar-refractivity contribution in [1.82, 2.24) is 0 Å². The normalized spacial score (nSPS) is 10.5. The van der Waals surface area contributed by atoms with Crippen molar-refractivity contribution in [2.75, 3.05) is 19.8 Å². The van der Waals surface area contributed by atoms with Crippen molar-refractivity contribution in [2.24, 2.45) is 0 Å². The van der Waals surface area contributed by atoms with Gasteiger partial charge in [-0.25, -0.2) is 0 Å². The molecule has 0 aliphatic heterocycles. The summed E-state index contributed by atoms with van der Waals surface area (Å²) in [5.41, 5.74) is 1.27. The third-order valence-electron chi connectivity index (χ3n) is 1.84. The second-order valence-electron chi connectivity index (χ2n) is 3.33. The highest BCUT2D eigenvalue weighted by atomic mass is 32.2. The molecule has 3 heteroatoms. The van der Waals surface area contributed by atoms with E-state index in [2.05, 4.69) is 38.1 Å². The maximum absolute atomic E-state index is 5.40. The molecule has 84 valence electrons. The van der Waals surface area contributed by atoms with E-state index in [0.29, 0.717) is 13.2 Å². The predicted molar refractivity (Wildman–Crippen MR) is 64.1 cm³/mol. The minimum atomic E-state index is 0.637. The Labute approximate surface area is 96.2 Å². The molecule has 0 heterocycles.